The van der Waals surface area contributed by atoms with Crippen molar-refractivity contribution < 1.29 is 4.79 Å². The molecule has 3 aromatic rings. The lowest BCUT2D eigenvalue weighted by Crippen LogP contribution is -2.31. The van der Waals surface area contributed by atoms with Gasteiger partial charge in [-0.3, -0.25) is 9.78 Å². The van der Waals surface area contributed by atoms with Gasteiger partial charge in [-0.1, -0.05) is 54.6 Å². The molecule has 1 heterocycles. The van der Waals surface area contributed by atoms with Crippen LogP contribution in [0.2, 0.25) is 0 Å². The minimum absolute atomic E-state index is 0.110. The number of rotatable bonds is 7. The lowest BCUT2D eigenvalue weighted by molar-refractivity contribution is 0.0950. The lowest BCUT2D eigenvalue weighted by atomic mass is 10.1. The molecule has 0 aliphatic rings. The number of anilines is 1. The molecule has 4 heteroatoms. The van der Waals surface area contributed by atoms with Gasteiger partial charge in [0, 0.05) is 25.3 Å². The second-order valence-corrected chi connectivity index (χ2v) is 7.25. The fraction of sp³-hybridized carbons (Fsp3) is 0.250. The summed E-state index contributed by atoms with van der Waals surface area (Å²) in [7, 11) is 0. The van der Waals surface area contributed by atoms with Crippen molar-refractivity contribution in [1.82, 2.24) is 10.3 Å². The van der Waals surface area contributed by atoms with E-state index >= 15 is 0 Å². The molecule has 0 aliphatic carbocycles. The number of pyridine rings is 1. The van der Waals surface area contributed by atoms with Crippen molar-refractivity contribution in [3.8, 4) is 0 Å². The smallest absolute Gasteiger partial charge is 0.253 e. The highest BCUT2D eigenvalue weighted by atomic mass is 16.1. The second kappa shape index (κ2) is 9.18. The second-order valence-electron chi connectivity index (χ2n) is 7.25. The third-order valence-corrected chi connectivity index (χ3v) is 4.84. The van der Waals surface area contributed by atoms with Gasteiger partial charge >= 0.3 is 0 Å². The first kappa shape index (κ1) is 19.6. The maximum absolute atomic E-state index is 12.7. The van der Waals surface area contributed by atoms with Crippen molar-refractivity contribution >= 4 is 11.6 Å². The summed E-state index contributed by atoms with van der Waals surface area (Å²) < 4.78 is 0. The minimum atomic E-state index is -0.110. The maximum Gasteiger partial charge on any atom is 0.253 e. The Labute approximate surface area is 167 Å². The average molecular weight is 374 g/mol. The number of hydrogen-bond acceptors (Lipinski definition) is 3. The van der Waals surface area contributed by atoms with Crippen LogP contribution in [0, 0.1) is 6.92 Å². The fourth-order valence-electron chi connectivity index (χ4n) is 3.15. The Bertz CT molecular complexity index is 922. The van der Waals surface area contributed by atoms with Gasteiger partial charge in [0.15, 0.2) is 0 Å². The zero-order valence-electron chi connectivity index (χ0n) is 16.7. The molecule has 0 atom stereocenters. The lowest BCUT2D eigenvalue weighted by Gasteiger charge is -2.29. The van der Waals surface area contributed by atoms with Crippen LogP contribution in [-0.4, -0.2) is 16.9 Å². The van der Waals surface area contributed by atoms with E-state index in [0.29, 0.717) is 12.1 Å². The first-order chi connectivity index (χ1) is 13.5. The SMILES string of the molecule is Cc1ccccc1CNC(=O)c1cncc(N(Cc2ccccc2)C(C)C)c1. The monoisotopic (exact) mass is 373 g/mol. The molecule has 1 aromatic heterocycles. The van der Waals surface area contributed by atoms with Crippen LogP contribution in [0.15, 0.2) is 73.1 Å². The molecule has 28 heavy (non-hydrogen) atoms. The third-order valence-electron chi connectivity index (χ3n) is 4.84. The van der Waals surface area contributed by atoms with Crippen LogP contribution in [0.3, 0.4) is 0 Å². The van der Waals surface area contributed by atoms with Gasteiger partial charge in [0.1, 0.15) is 0 Å². The number of aromatic nitrogens is 1. The Balaban J connectivity index is 1.74. The zero-order chi connectivity index (χ0) is 19.9. The Morgan fingerprint density at radius 2 is 1.75 bits per heavy atom. The normalized spacial score (nSPS) is 10.7. The van der Waals surface area contributed by atoms with Crippen molar-refractivity contribution in [1.29, 1.82) is 0 Å². The van der Waals surface area contributed by atoms with Crippen LogP contribution >= 0.6 is 0 Å². The standard InChI is InChI=1S/C24H27N3O/c1-18(2)27(17-20-10-5-4-6-11-20)23-13-22(14-25-16-23)24(28)26-15-21-12-8-7-9-19(21)3/h4-14,16,18H,15,17H2,1-3H3,(H,26,28). The van der Waals surface area contributed by atoms with Crippen molar-refractivity contribution in [3.63, 3.8) is 0 Å². The van der Waals surface area contributed by atoms with Crippen LogP contribution < -0.4 is 10.2 Å². The molecule has 0 fully saturated rings. The Morgan fingerprint density at radius 1 is 1.04 bits per heavy atom. The van der Waals surface area contributed by atoms with Crippen molar-refractivity contribution in [3.05, 3.63) is 95.3 Å². The Morgan fingerprint density at radius 3 is 2.46 bits per heavy atom. The Hall–Kier alpha value is -3.14. The molecular formula is C24H27N3O. The quantitative estimate of drug-likeness (QED) is 0.651. The number of carbonyl (C=O) groups is 1. The first-order valence-electron chi connectivity index (χ1n) is 9.63. The Kier molecular flexibility index (Phi) is 6.43. The molecule has 3 rings (SSSR count). The summed E-state index contributed by atoms with van der Waals surface area (Å²) in [4.78, 5) is 19.2. The van der Waals surface area contributed by atoms with Crippen LogP contribution in [0.1, 0.15) is 40.9 Å². The minimum Gasteiger partial charge on any atom is -0.364 e. The van der Waals surface area contributed by atoms with E-state index in [-0.39, 0.29) is 11.9 Å². The van der Waals surface area contributed by atoms with Gasteiger partial charge in [0.2, 0.25) is 0 Å². The van der Waals surface area contributed by atoms with Crippen LogP contribution in [0.4, 0.5) is 5.69 Å². The molecule has 0 aliphatic heterocycles. The molecule has 0 spiro atoms. The topological polar surface area (TPSA) is 45.2 Å². The van der Waals surface area contributed by atoms with E-state index in [1.165, 1.54) is 11.1 Å². The predicted molar refractivity (Wildman–Crippen MR) is 114 cm³/mol. The summed E-state index contributed by atoms with van der Waals surface area (Å²) in [5, 5.41) is 3.00. The molecule has 4 nitrogen and oxygen atoms in total. The number of nitrogens with zero attached hydrogens (tertiary/aromatic N) is 2. The van der Waals surface area contributed by atoms with E-state index in [0.717, 1.165) is 17.8 Å². The molecule has 0 unspecified atom stereocenters. The number of carbonyl (C=O) groups excluding carboxylic acids is 1. The maximum atomic E-state index is 12.7. The summed E-state index contributed by atoms with van der Waals surface area (Å²) in [6, 6.07) is 20.6. The van der Waals surface area contributed by atoms with E-state index in [9.17, 15) is 4.79 Å². The summed E-state index contributed by atoms with van der Waals surface area (Å²) in [6.07, 6.45) is 3.44. The van der Waals surface area contributed by atoms with Crippen molar-refractivity contribution in [2.45, 2.75) is 39.9 Å². The molecular weight excluding hydrogens is 346 g/mol. The van der Waals surface area contributed by atoms with Gasteiger partial charge in [-0.2, -0.15) is 0 Å². The highest BCUT2D eigenvalue weighted by Crippen LogP contribution is 2.20. The van der Waals surface area contributed by atoms with Crippen molar-refractivity contribution in [2.75, 3.05) is 4.90 Å². The molecule has 0 radical (unpaired) electrons. The highest BCUT2D eigenvalue weighted by Gasteiger charge is 2.14. The molecule has 1 N–H and O–H groups in total. The summed E-state index contributed by atoms with van der Waals surface area (Å²) in [5.74, 6) is -0.110. The van der Waals surface area contributed by atoms with Gasteiger partial charge in [0.25, 0.3) is 5.91 Å². The fourth-order valence-corrected chi connectivity index (χ4v) is 3.15. The van der Waals surface area contributed by atoms with Gasteiger partial charge in [0.05, 0.1) is 17.4 Å². The van der Waals surface area contributed by atoms with Gasteiger partial charge in [-0.15, -0.1) is 0 Å². The van der Waals surface area contributed by atoms with E-state index in [4.69, 9.17) is 0 Å². The molecule has 144 valence electrons. The number of benzene rings is 2. The average Bonchev–Trinajstić information content (AvgIpc) is 2.72. The summed E-state index contributed by atoms with van der Waals surface area (Å²) in [6.45, 7) is 7.62. The number of hydrogen-bond donors (Lipinski definition) is 1. The van der Waals surface area contributed by atoms with E-state index in [1.807, 2.05) is 61.7 Å². The van der Waals surface area contributed by atoms with Crippen molar-refractivity contribution in [2.24, 2.45) is 0 Å². The molecule has 0 saturated heterocycles. The molecule has 0 bridgehead atoms. The van der Waals surface area contributed by atoms with E-state index in [2.05, 4.69) is 41.2 Å². The van der Waals surface area contributed by atoms with E-state index in [1.54, 1.807) is 6.20 Å². The third kappa shape index (κ3) is 4.97. The largest absolute Gasteiger partial charge is 0.364 e. The first-order valence-corrected chi connectivity index (χ1v) is 9.63. The van der Waals surface area contributed by atoms with Gasteiger partial charge in [-0.25, -0.2) is 0 Å². The number of aryl methyl sites for hydroxylation is 1. The zero-order valence-corrected chi connectivity index (χ0v) is 16.7. The van der Waals surface area contributed by atoms with E-state index < -0.39 is 0 Å². The summed E-state index contributed by atoms with van der Waals surface area (Å²) in [5.41, 5.74) is 5.04. The highest BCUT2D eigenvalue weighted by molar-refractivity contribution is 5.94. The predicted octanol–water partition coefficient (Wildman–Crippen LogP) is 4.74. The van der Waals surface area contributed by atoms with Gasteiger partial charge < -0.3 is 10.2 Å². The van der Waals surface area contributed by atoms with Crippen LogP contribution in [-0.2, 0) is 13.1 Å². The molecule has 1 amide bonds. The van der Waals surface area contributed by atoms with Gasteiger partial charge in [-0.05, 0) is 43.5 Å². The summed E-state index contributed by atoms with van der Waals surface area (Å²) >= 11 is 0. The van der Waals surface area contributed by atoms with Crippen LogP contribution in [0.25, 0.3) is 0 Å². The van der Waals surface area contributed by atoms with Crippen LogP contribution in [0.5, 0.6) is 0 Å². The number of amides is 1. The number of nitrogens with one attached hydrogen (secondary N) is 1. The molecule has 2 aromatic carbocycles. The molecule has 0 saturated carbocycles.